The first-order chi connectivity index (χ1) is 10.1. The number of carbonyl (C=O) groups excluding carboxylic acids is 1. The molecule has 0 aromatic heterocycles. The highest BCUT2D eigenvalue weighted by Gasteiger charge is 2.19. The maximum absolute atomic E-state index is 11.7. The van der Waals surface area contributed by atoms with Gasteiger partial charge in [-0.05, 0) is 30.1 Å². The van der Waals surface area contributed by atoms with Gasteiger partial charge in [-0.15, -0.1) is 0 Å². The minimum atomic E-state index is -0.996. The van der Waals surface area contributed by atoms with Crippen LogP contribution < -0.4 is 10.1 Å². The van der Waals surface area contributed by atoms with Crippen LogP contribution in [0, 0.1) is 0 Å². The molecule has 1 atom stereocenters. The van der Waals surface area contributed by atoms with Crippen LogP contribution >= 0.6 is 11.8 Å². The third kappa shape index (κ3) is 7.60. The molecule has 0 aliphatic rings. The number of amides is 1. The number of carboxylic acids is 1. The van der Waals surface area contributed by atoms with E-state index in [4.69, 9.17) is 9.84 Å². The third-order valence-electron chi connectivity index (χ3n) is 2.73. The van der Waals surface area contributed by atoms with E-state index >= 15 is 0 Å². The van der Waals surface area contributed by atoms with Crippen molar-refractivity contribution in [3.05, 3.63) is 30.3 Å². The average Bonchev–Trinajstić information content (AvgIpc) is 2.47. The number of carbonyl (C=O) groups is 2. The molecule has 6 heteroatoms. The Labute approximate surface area is 129 Å². The van der Waals surface area contributed by atoms with Crippen molar-refractivity contribution < 1.29 is 19.4 Å². The molecule has 0 radical (unpaired) electrons. The van der Waals surface area contributed by atoms with Gasteiger partial charge < -0.3 is 15.2 Å². The largest absolute Gasteiger partial charge is 0.493 e. The first-order valence-corrected chi connectivity index (χ1v) is 8.06. The lowest BCUT2D eigenvalue weighted by Crippen LogP contribution is -2.41. The number of para-hydroxylation sites is 1. The summed E-state index contributed by atoms with van der Waals surface area (Å²) in [6.45, 7) is 2.24. The summed E-state index contributed by atoms with van der Waals surface area (Å²) in [7, 11) is 0. The van der Waals surface area contributed by atoms with Crippen LogP contribution in [-0.4, -0.2) is 41.1 Å². The number of nitrogens with one attached hydrogen (secondary N) is 1. The van der Waals surface area contributed by atoms with Gasteiger partial charge in [-0.3, -0.25) is 4.79 Å². The van der Waals surface area contributed by atoms with Gasteiger partial charge in [-0.25, -0.2) is 4.79 Å². The lowest BCUT2D eigenvalue weighted by molar-refractivity contribution is -0.141. The van der Waals surface area contributed by atoms with Crippen molar-refractivity contribution >= 4 is 23.6 Å². The molecule has 0 aliphatic carbocycles. The lowest BCUT2D eigenvalue weighted by Gasteiger charge is -2.14. The molecule has 0 heterocycles. The van der Waals surface area contributed by atoms with Crippen molar-refractivity contribution in [2.45, 2.75) is 25.8 Å². The Balaban J connectivity index is 2.28. The smallest absolute Gasteiger partial charge is 0.326 e. The molecule has 1 aromatic carbocycles. The van der Waals surface area contributed by atoms with E-state index in [1.165, 1.54) is 0 Å². The highest BCUT2D eigenvalue weighted by Crippen LogP contribution is 2.08. The molecule has 1 aromatic rings. The molecule has 0 bridgehead atoms. The van der Waals surface area contributed by atoms with Gasteiger partial charge in [0.25, 0.3) is 0 Å². The summed E-state index contributed by atoms with van der Waals surface area (Å²) in [5, 5.41) is 11.6. The third-order valence-corrected chi connectivity index (χ3v) is 3.66. The molecule has 1 amide bonds. The monoisotopic (exact) mass is 311 g/mol. The van der Waals surface area contributed by atoms with E-state index in [-0.39, 0.29) is 18.9 Å². The standard InChI is InChI=1S/C15H21NO4S/c1-2-21-11-9-13(15(18)19)16-14(17)8-10-20-12-6-4-3-5-7-12/h3-7,13H,2,8-11H2,1H3,(H,16,17)(H,18,19). The molecule has 0 fully saturated rings. The summed E-state index contributed by atoms with van der Waals surface area (Å²) in [5.74, 6) is 1.04. The number of benzene rings is 1. The number of aliphatic carboxylic acids is 1. The van der Waals surface area contributed by atoms with E-state index in [2.05, 4.69) is 5.32 Å². The Morgan fingerprint density at radius 2 is 2.05 bits per heavy atom. The lowest BCUT2D eigenvalue weighted by atomic mass is 10.2. The maximum atomic E-state index is 11.7. The second-order valence-electron chi connectivity index (χ2n) is 4.36. The molecule has 5 nitrogen and oxygen atoms in total. The zero-order chi connectivity index (χ0) is 15.5. The molecule has 116 valence electrons. The normalized spacial score (nSPS) is 11.7. The fourth-order valence-corrected chi connectivity index (χ4v) is 2.34. The van der Waals surface area contributed by atoms with Crippen LogP contribution in [0.5, 0.6) is 5.75 Å². The maximum Gasteiger partial charge on any atom is 0.326 e. The highest BCUT2D eigenvalue weighted by atomic mass is 32.2. The molecule has 1 unspecified atom stereocenters. The quantitative estimate of drug-likeness (QED) is 0.648. The van der Waals surface area contributed by atoms with E-state index in [1.54, 1.807) is 23.9 Å². The Morgan fingerprint density at radius 3 is 2.67 bits per heavy atom. The fourth-order valence-electron chi connectivity index (χ4n) is 1.65. The number of carboxylic acid groups (broad SMARTS) is 1. The Morgan fingerprint density at radius 1 is 1.33 bits per heavy atom. The average molecular weight is 311 g/mol. The van der Waals surface area contributed by atoms with Crippen LogP contribution in [-0.2, 0) is 9.59 Å². The first-order valence-electron chi connectivity index (χ1n) is 6.91. The Bertz CT molecular complexity index is 439. The second-order valence-corrected chi connectivity index (χ2v) is 5.75. The van der Waals surface area contributed by atoms with Crippen LogP contribution in [0.1, 0.15) is 19.8 Å². The van der Waals surface area contributed by atoms with Crippen LogP contribution in [0.15, 0.2) is 30.3 Å². The summed E-state index contributed by atoms with van der Waals surface area (Å²) < 4.78 is 5.40. The predicted octanol–water partition coefficient (Wildman–Crippen LogP) is 2.17. The molecule has 1 rings (SSSR count). The van der Waals surface area contributed by atoms with Crippen LogP contribution in [0.3, 0.4) is 0 Å². The van der Waals surface area contributed by atoms with Gasteiger partial charge in [-0.2, -0.15) is 11.8 Å². The topological polar surface area (TPSA) is 75.6 Å². The second kappa shape index (κ2) is 10.1. The first kappa shape index (κ1) is 17.4. The zero-order valence-corrected chi connectivity index (χ0v) is 12.9. The molecular weight excluding hydrogens is 290 g/mol. The van der Waals surface area contributed by atoms with Gasteiger partial charge >= 0.3 is 5.97 Å². The molecule has 0 saturated carbocycles. The van der Waals surface area contributed by atoms with E-state index < -0.39 is 12.0 Å². The van der Waals surface area contributed by atoms with Crippen molar-refractivity contribution in [2.75, 3.05) is 18.1 Å². The molecule has 0 saturated heterocycles. The minimum Gasteiger partial charge on any atom is -0.493 e. The van der Waals surface area contributed by atoms with E-state index in [9.17, 15) is 9.59 Å². The molecule has 0 spiro atoms. The summed E-state index contributed by atoms with van der Waals surface area (Å²) in [6, 6.07) is 8.36. The van der Waals surface area contributed by atoms with Gasteiger partial charge in [0.05, 0.1) is 13.0 Å². The molecule has 2 N–H and O–H groups in total. The van der Waals surface area contributed by atoms with Crippen molar-refractivity contribution in [1.82, 2.24) is 5.32 Å². The van der Waals surface area contributed by atoms with Crippen LogP contribution in [0.2, 0.25) is 0 Å². The summed E-state index contributed by atoms with van der Waals surface area (Å²) in [4.78, 5) is 22.8. The Hall–Kier alpha value is -1.69. The van der Waals surface area contributed by atoms with Crippen molar-refractivity contribution in [2.24, 2.45) is 0 Å². The van der Waals surface area contributed by atoms with Crippen LogP contribution in [0.4, 0.5) is 0 Å². The number of ether oxygens (including phenoxy) is 1. The van der Waals surface area contributed by atoms with Crippen molar-refractivity contribution in [3.8, 4) is 5.75 Å². The van der Waals surface area contributed by atoms with Gasteiger partial charge in [0.2, 0.25) is 5.91 Å². The minimum absolute atomic E-state index is 0.138. The molecule has 0 aliphatic heterocycles. The van der Waals surface area contributed by atoms with E-state index in [1.807, 2.05) is 25.1 Å². The van der Waals surface area contributed by atoms with Gasteiger partial charge in [-0.1, -0.05) is 25.1 Å². The van der Waals surface area contributed by atoms with Crippen molar-refractivity contribution in [3.63, 3.8) is 0 Å². The summed E-state index contributed by atoms with van der Waals surface area (Å²) in [5.41, 5.74) is 0. The fraction of sp³-hybridized carbons (Fsp3) is 0.467. The summed E-state index contributed by atoms with van der Waals surface area (Å²) >= 11 is 1.66. The van der Waals surface area contributed by atoms with Gasteiger partial charge in [0.1, 0.15) is 11.8 Å². The number of rotatable bonds is 10. The molecule has 21 heavy (non-hydrogen) atoms. The predicted molar refractivity (Wildman–Crippen MR) is 83.7 cm³/mol. The Kier molecular flexibility index (Phi) is 8.35. The number of hydrogen-bond donors (Lipinski definition) is 2. The van der Waals surface area contributed by atoms with Crippen molar-refractivity contribution in [1.29, 1.82) is 0 Å². The number of thioether (sulfide) groups is 1. The number of hydrogen-bond acceptors (Lipinski definition) is 4. The van der Waals surface area contributed by atoms with Gasteiger partial charge in [0, 0.05) is 0 Å². The zero-order valence-electron chi connectivity index (χ0n) is 12.1. The summed E-state index contributed by atoms with van der Waals surface area (Å²) in [6.07, 6.45) is 0.568. The van der Waals surface area contributed by atoms with Gasteiger partial charge in [0.15, 0.2) is 0 Å². The van der Waals surface area contributed by atoms with E-state index in [0.717, 1.165) is 5.75 Å². The van der Waals surface area contributed by atoms with E-state index in [0.29, 0.717) is 17.9 Å². The van der Waals surface area contributed by atoms with Crippen LogP contribution in [0.25, 0.3) is 0 Å². The molecular formula is C15H21NO4S. The SMILES string of the molecule is CCSCCC(NC(=O)CCOc1ccccc1)C(=O)O. The highest BCUT2D eigenvalue weighted by molar-refractivity contribution is 7.99.